The van der Waals surface area contributed by atoms with Gasteiger partial charge in [-0.2, -0.15) is 0 Å². The van der Waals surface area contributed by atoms with E-state index >= 15 is 0 Å². The van der Waals surface area contributed by atoms with Crippen molar-refractivity contribution >= 4 is 16.9 Å². The smallest absolute Gasteiger partial charge is 0.261 e. The number of nitrogens with one attached hydrogen (secondary N) is 1. The van der Waals surface area contributed by atoms with Crippen LogP contribution >= 0.6 is 0 Å². The number of hydrogen-bond donors (Lipinski definition) is 2. The highest BCUT2D eigenvalue weighted by atomic mass is 32.2. The van der Waals surface area contributed by atoms with Gasteiger partial charge in [-0.1, -0.05) is 12.6 Å². The Hall–Kier alpha value is -1.78. The van der Waals surface area contributed by atoms with E-state index in [2.05, 4.69) is 11.3 Å². The van der Waals surface area contributed by atoms with Crippen molar-refractivity contribution in [3.63, 3.8) is 0 Å². The molecule has 0 radical (unpaired) electrons. The Morgan fingerprint density at radius 2 is 2.23 bits per heavy atom. The number of phenolic OH excluding ortho intramolecular Hbond substituents is 1. The van der Waals surface area contributed by atoms with Gasteiger partial charge in [0.05, 0.1) is 12.6 Å². The highest BCUT2D eigenvalue weighted by Crippen LogP contribution is 2.35. The van der Waals surface area contributed by atoms with E-state index < -0.39 is 30.0 Å². The zero-order chi connectivity index (χ0) is 18.8. The number of anilines is 1. The second-order valence-corrected chi connectivity index (χ2v) is 7.41. The highest BCUT2D eigenvalue weighted by molar-refractivity contribution is 7.85. The van der Waals surface area contributed by atoms with Gasteiger partial charge >= 0.3 is 0 Å². The van der Waals surface area contributed by atoms with Crippen LogP contribution in [0.5, 0.6) is 5.75 Å². The second kappa shape index (κ2) is 7.85. The van der Waals surface area contributed by atoms with Gasteiger partial charge in [0.2, 0.25) is 11.2 Å². The number of halogens is 3. The lowest BCUT2D eigenvalue weighted by molar-refractivity contribution is -0.0199. The standard InChI is InChI=1S/C16H20F3N3O3S/c1-10-6-22(26(24)20-10)16-13(23)3-2-11(15(16)19)7-21-5-4-12(8-21)25-9-14(17)18/h2-3,12,14,20,23H,1,4-9H2. The zero-order valence-electron chi connectivity index (χ0n) is 14.0. The summed E-state index contributed by atoms with van der Waals surface area (Å²) in [6, 6.07) is 2.82. The average molecular weight is 391 g/mol. The van der Waals surface area contributed by atoms with Gasteiger partial charge in [0.1, 0.15) is 18.0 Å². The molecule has 10 heteroatoms. The molecule has 2 atom stereocenters. The third kappa shape index (κ3) is 4.13. The molecule has 0 saturated carbocycles. The number of hydrogen-bond acceptors (Lipinski definition) is 4. The Labute approximate surface area is 151 Å². The predicted octanol–water partition coefficient (Wildman–Crippen LogP) is 1.89. The van der Waals surface area contributed by atoms with Crippen molar-refractivity contribution < 1.29 is 27.2 Å². The van der Waals surface area contributed by atoms with Gasteiger partial charge in [0.25, 0.3) is 6.43 Å². The summed E-state index contributed by atoms with van der Waals surface area (Å²) in [4.78, 5) is 1.90. The summed E-state index contributed by atoms with van der Waals surface area (Å²) < 4.78 is 60.3. The van der Waals surface area contributed by atoms with E-state index in [9.17, 15) is 22.5 Å². The van der Waals surface area contributed by atoms with Crippen molar-refractivity contribution in [2.45, 2.75) is 25.5 Å². The molecule has 0 bridgehead atoms. The second-order valence-electron chi connectivity index (χ2n) is 6.27. The number of ether oxygens (including phenoxy) is 1. The molecule has 2 fully saturated rings. The van der Waals surface area contributed by atoms with Crippen LogP contribution in [0.4, 0.5) is 18.9 Å². The monoisotopic (exact) mass is 391 g/mol. The molecule has 2 saturated heterocycles. The maximum atomic E-state index is 14.9. The molecule has 2 unspecified atom stereocenters. The Morgan fingerprint density at radius 3 is 2.88 bits per heavy atom. The predicted molar refractivity (Wildman–Crippen MR) is 91.5 cm³/mol. The largest absolute Gasteiger partial charge is 0.506 e. The first kappa shape index (κ1) is 19.0. The summed E-state index contributed by atoms with van der Waals surface area (Å²) in [6.07, 6.45) is -2.22. The summed E-state index contributed by atoms with van der Waals surface area (Å²) in [6.45, 7) is 4.43. The molecule has 26 heavy (non-hydrogen) atoms. The van der Waals surface area contributed by atoms with Gasteiger partial charge in [-0.05, 0) is 12.5 Å². The summed E-state index contributed by atoms with van der Waals surface area (Å²) in [5.74, 6) is -0.970. The van der Waals surface area contributed by atoms with Gasteiger partial charge < -0.3 is 9.84 Å². The third-order valence-electron chi connectivity index (χ3n) is 4.27. The fourth-order valence-corrected chi connectivity index (χ4v) is 4.12. The zero-order valence-corrected chi connectivity index (χ0v) is 14.8. The lowest BCUT2D eigenvalue weighted by atomic mass is 10.1. The Balaban J connectivity index is 1.71. The SMILES string of the molecule is C=C1CN(c2c(O)ccc(CN3CCC(OCC(F)F)C3)c2F)S(=O)N1. The molecule has 0 aliphatic carbocycles. The van der Waals surface area contributed by atoms with Crippen LogP contribution < -0.4 is 9.03 Å². The minimum atomic E-state index is -2.51. The van der Waals surface area contributed by atoms with Crippen molar-refractivity contribution in [2.24, 2.45) is 0 Å². The van der Waals surface area contributed by atoms with E-state index in [1.54, 1.807) is 0 Å². The van der Waals surface area contributed by atoms with Crippen LogP contribution in [0, 0.1) is 5.82 Å². The first-order valence-corrected chi connectivity index (χ1v) is 9.22. The molecule has 144 valence electrons. The molecule has 0 aromatic heterocycles. The first-order valence-electron chi connectivity index (χ1n) is 8.11. The number of benzene rings is 1. The van der Waals surface area contributed by atoms with Crippen LogP contribution in [-0.2, 0) is 22.5 Å². The van der Waals surface area contributed by atoms with Gasteiger partial charge in [0, 0.05) is 30.9 Å². The first-order chi connectivity index (χ1) is 12.3. The molecular formula is C16H20F3N3O3S. The Morgan fingerprint density at radius 1 is 1.46 bits per heavy atom. The summed E-state index contributed by atoms with van der Waals surface area (Å²) in [5, 5.41) is 10.0. The molecular weight excluding hydrogens is 371 g/mol. The van der Waals surface area contributed by atoms with Crippen LogP contribution in [0.3, 0.4) is 0 Å². The van der Waals surface area contributed by atoms with Crippen LogP contribution in [0.1, 0.15) is 12.0 Å². The van der Waals surface area contributed by atoms with E-state index in [1.807, 2.05) is 4.90 Å². The molecule has 2 aliphatic rings. The van der Waals surface area contributed by atoms with Crippen molar-refractivity contribution in [1.29, 1.82) is 0 Å². The Bertz CT molecular complexity index is 719. The van der Waals surface area contributed by atoms with Crippen molar-refractivity contribution in [2.75, 3.05) is 30.5 Å². The van der Waals surface area contributed by atoms with E-state index in [4.69, 9.17) is 4.74 Å². The van der Waals surface area contributed by atoms with Gasteiger partial charge in [-0.25, -0.2) is 17.4 Å². The van der Waals surface area contributed by atoms with Crippen molar-refractivity contribution in [3.05, 3.63) is 35.8 Å². The van der Waals surface area contributed by atoms with Crippen molar-refractivity contribution in [3.8, 4) is 5.75 Å². The number of rotatable bonds is 6. The van der Waals surface area contributed by atoms with E-state index in [0.717, 1.165) is 0 Å². The summed E-state index contributed by atoms with van der Waals surface area (Å²) in [5.41, 5.74) is 0.643. The quantitative estimate of drug-likeness (QED) is 0.777. The van der Waals surface area contributed by atoms with Crippen molar-refractivity contribution in [1.82, 2.24) is 9.62 Å². The molecule has 2 heterocycles. The molecule has 0 spiro atoms. The topological polar surface area (TPSA) is 65.0 Å². The Kier molecular flexibility index (Phi) is 5.73. The number of likely N-dealkylation sites (tertiary alicyclic amines) is 1. The third-order valence-corrected chi connectivity index (χ3v) is 5.45. The van der Waals surface area contributed by atoms with Crippen LogP contribution in [0.2, 0.25) is 0 Å². The van der Waals surface area contributed by atoms with Crippen LogP contribution in [0.15, 0.2) is 24.4 Å². The molecule has 2 aliphatic heterocycles. The fourth-order valence-electron chi connectivity index (χ4n) is 3.09. The number of alkyl halides is 2. The number of nitrogens with zero attached hydrogens (tertiary/aromatic N) is 2. The summed E-state index contributed by atoms with van der Waals surface area (Å²) in [7, 11) is 0. The molecule has 1 aromatic rings. The van der Waals surface area contributed by atoms with Gasteiger partial charge in [-0.15, -0.1) is 0 Å². The van der Waals surface area contributed by atoms with Crippen LogP contribution in [0.25, 0.3) is 0 Å². The average Bonchev–Trinajstić information content (AvgIpc) is 3.15. The molecule has 2 N–H and O–H groups in total. The number of aromatic hydroxyl groups is 1. The van der Waals surface area contributed by atoms with E-state index in [1.165, 1.54) is 16.4 Å². The lowest BCUT2D eigenvalue weighted by Gasteiger charge is -2.21. The molecule has 6 nitrogen and oxygen atoms in total. The molecule has 0 amide bonds. The van der Waals surface area contributed by atoms with E-state index in [-0.39, 0.29) is 30.6 Å². The van der Waals surface area contributed by atoms with Gasteiger partial charge in [-0.3, -0.25) is 13.9 Å². The van der Waals surface area contributed by atoms with E-state index in [0.29, 0.717) is 30.8 Å². The fraction of sp³-hybridized carbons (Fsp3) is 0.500. The minimum Gasteiger partial charge on any atom is -0.506 e. The summed E-state index contributed by atoms with van der Waals surface area (Å²) >= 11 is -1.71. The maximum Gasteiger partial charge on any atom is 0.261 e. The normalized spacial score (nSPS) is 23.8. The molecule has 3 rings (SSSR count). The van der Waals surface area contributed by atoms with Gasteiger partial charge in [0.15, 0.2) is 5.82 Å². The van der Waals surface area contributed by atoms with Crippen LogP contribution in [-0.4, -0.2) is 53.0 Å². The molecule has 1 aromatic carbocycles. The maximum absolute atomic E-state index is 14.9. The minimum absolute atomic E-state index is 0.119. The number of phenols is 1. The highest BCUT2D eigenvalue weighted by Gasteiger charge is 2.30. The lowest BCUT2D eigenvalue weighted by Crippen LogP contribution is -2.26.